The van der Waals surface area contributed by atoms with Gasteiger partial charge < -0.3 is 5.32 Å². The summed E-state index contributed by atoms with van der Waals surface area (Å²) >= 11 is 5.11. The number of aryl methyl sites for hydroxylation is 1. The molecule has 0 aliphatic rings. The van der Waals surface area contributed by atoms with Gasteiger partial charge in [0.15, 0.2) is 0 Å². The van der Waals surface area contributed by atoms with E-state index in [4.69, 9.17) is 5.26 Å². The summed E-state index contributed by atoms with van der Waals surface area (Å²) < 4.78 is 1.06. The highest BCUT2D eigenvalue weighted by Crippen LogP contribution is 2.24. The zero-order chi connectivity index (χ0) is 12.3. The molecule has 0 spiro atoms. The van der Waals surface area contributed by atoms with Crippen LogP contribution in [0.2, 0.25) is 0 Å². The molecule has 0 bridgehead atoms. The molecule has 2 aromatic rings. The van der Waals surface area contributed by atoms with E-state index in [2.05, 4.69) is 46.4 Å². The molecule has 4 heteroatoms. The van der Waals surface area contributed by atoms with Gasteiger partial charge in [-0.05, 0) is 46.6 Å². The van der Waals surface area contributed by atoms with Crippen LogP contribution in [-0.4, -0.2) is 0 Å². The lowest BCUT2D eigenvalue weighted by Gasteiger charge is -2.08. The van der Waals surface area contributed by atoms with E-state index < -0.39 is 0 Å². The van der Waals surface area contributed by atoms with Crippen molar-refractivity contribution < 1.29 is 0 Å². The predicted molar refractivity (Wildman–Crippen MR) is 75.2 cm³/mol. The Labute approximate surface area is 113 Å². The zero-order valence-electron chi connectivity index (χ0n) is 9.33. The van der Waals surface area contributed by atoms with Gasteiger partial charge >= 0.3 is 0 Å². The van der Waals surface area contributed by atoms with E-state index in [1.54, 1.807) is 11.3 Å². The normalized spacial score (nSPS) is 9.94. The highest BCUT2D eigenvalue weighted by molar-refractivity contribution is 9.10. The molecule has 0 saturated carbocycles. The Balaban J connectivity index is 2.07. The summed E-state index contributed by atoms with van der Waals surface area (Å²) in [6.45, 7) is 2.81. The third kappa shape index (κ3) is 3.09. The van der Waals surface area contributed by atoms with Crippen LogP contribution in [0.5, 0.6) is 0 Å². The largest absolute Gasteiger partial charge is 0.379 e. The number of nitriles is 1. The molecule has 17 heavy (non-hydrogen) atoms. The number of anilines is 1. The third-order valence-corrected chi connectivity index (χ3v) is 3.99. The maximum atomic E-state index is 8.75. The zero-order valence-corrected chi connectivity index (χ0v) is 11.7. The molecule has 1 N–H and O–H groups in total. The van der Waals surface area contributed by atoms with E-state index >= 15 is 0 Å². The third-order valence-electron chi connectivity index (χ3n) is 2.36. The number of nitrogens with zero attached hydrogens (tertiary/aromatic N) is 1. The molecule has 1 aromatic carbocycles. The summed E-state index contributed by atoms with van der Waals surface area (Å²) in [5, 5.41) is 14.0. The second kappa shape index (κ2) is 5.35. The Morgan fingerprint density at radius 1 is 1.41 bits per heavy atom. The molecule has 0 fully saturated rings. The molecule has 0 amide bonds. The Bertz CT molecular complexity index is 569. The molecule has 2 rings (SSSR count). The Morgan fingerprint density at radius 3 is 2.94 bits per heavy atom. The van der Waals surface area contributed by atoms with Crippen molar-refractivity contribution in [3.05, 3.63) is 50.1 Å². The van der Waals surface area contributed by atoms with Crippen LogP contribution >= 0.6 is 27.3 Å². The van der Waals surface area contributed by atoms with Gasteiger partial charge in [0.25, 0.3) is 0 Å². The van der Waals surface area contributed by atoms with Crippen molar-refractivity contribution in [1.29, 1.82) is 5.26 Å². The Kier molecular flexibility index (Phi) is 3.82. The van der Waals surface area contributed by atoms with Crippen molar-refractivity contribution in [3.63, 3.8) is 0 Å². The minimum absolute atomic E-state index is 0.732. The highest BCUT2D eigenvalue weighted by Gasteiger charge is 2.02. The fourth-order valence-electron chi connectivity index (χ4n) is 1.49. The molecule has 0 unspecified atom stereocenters. The second-order valence-corrected chi connectivity index (χ2v) is 5.60. The van der Waals surface area contributed by atoms with Gasteiger partial charge in [-0.2, -0.15) is 5.26 Å². The van der Waals surface area contributed by atoms with Crippen molar-refractivity contribution in [2.24, 2.45) is 0 Å². The fourth-order valence-corrected chi connectivity index (χ4v) is 2.63. The molecule has 0 radical (unpaired) electrons. The summed E-state index contributed by atoms with van der Waals surface area (Å²) in [5.41, 5.74) is 3.03. The number of rotatable bonds is 3. The van der Waals surface area contributed by atoms with Crippen molar-refractivity contribution >= 4 is 33.0 Å². The Morgan fingerprint density at radius 2 is 2.24 bits per heavy atom. The van der Waals surface area contributed by atoms with Crippen molar-refractivity contribution in [2.75, 3.05) is 5.32 Å². The molecule has 0 aliphatic carbocycles. The number of hydrogen-bond acceptors (Lipinski definition) is 3. The van der Waals surface area contributed by atoms with Gasteiger partial charge in [0.2, 0.25) is 0 Å². The fraction of sp³-hybridized carbons (Fsp3) is 0.154. The van der Waals surface area contributed by atoms with E-state index in [0.29, 0.717) is 0 Å². The van der Waals surface area contributed by atoms with Gasteiger partial charge in [-0.3, -0.25) is 0 Å². The highest BCUT2D eigenvalue weighted by atomic mass is 79.9. The first-order chi connectivity index (χ1) is 8.19. The maximum Gasteiger partial charge on any atom is 0.100 e. The quantitative estimate of drug-likeness (QED) is 0.917. The lowest BCUT2D eigenvalue weighted by atomic mass is 10.2. The summed E-state index contributed by atoms with van der Waals surface area (Å²) in [6.07, 6.45) is 0. The number of nitrogens with one attached hydrogen (secondary N) is 1. The molecule has 2 nitrogen and oxygen atoms in total. The summed E-state index contributed by atoms with van der Waals surface area (Å²) in [5.74, 6) is 0. The molecule has 1 aromatic heterocycles. The van der Waals surface area contributed by atoms with Gasteiger partial charge in [0.1, 0.15) is 6.07 Å². The van der Waals surface area contributed by atoms with Crippen molar-refractivity contribution in [3.8, 4) is 6.07 Å². The lowest BCUT2D eigenvalue weighted by molar-refractivity contribution is 1.18. The predicted octanol–water partition coefficient (Wildman–Crippen LogP) is 4.30. The lowest BCUT2D eigenvalue weighted by Crippen LogP contribution is -1.98. The van der Waals surface area contributed by atoms with Crippen LogP contribution in [0.15, 0.2) is 34.1 Å². The SMILES string of the molecule is Cc1ccc(Br)c(NCc2cc(C#N)cs2)c1. The van der Waals surface area contributed by atoms with Crippen LogP contribution in [0.4, 0.5) is 5.69 Å². The second-order valence-electron chi connectivity index (χ2n) is 3.75. The Hall–Kier alpha value is -1.31. The van der Waals surface area contributed by atoms with E-state index in [1.807, 2.05) is 17.5 Å². The molecule has 1 heterocycles. The molecule has 0 atom stereocenters. The van der Waals surface area contributed by atoms with Gasteiger partial charge in [-0.15, -0.1) is 11.3 Å². The van der Waals surface area contributed by atoms with Crippen LogP contribution in [-0.2, 0) is 6.54 Å². The van der Waals surface area contributed by atoms with Crippen LogP contribution in [0.3, 0.4) is 0 Å². The molecular formula is C13H11BrN2S. The first kappa shape index (κ1) is 12.2. The van der Waals surface area contributed by atoms with Crippen LogP contribution in [0, 0.1) is 18.3 Å². The van der Waals surface area contributed by atoms with Crippen LogP contribution in [0.25, 0.3) is 0 Å². The average Bonchev–Trinajstić information content (AvgIpc) is 2.78. The summed E-state index contributed by atoms with van der Waals surface area (Å²) in [7, 11) is 0. The number of thiophene rings is 1. The summed E-state index contributed by atoms with van der Waals surface area (Å²) in [4.78, 5) is 1.16. The van der Waals surface area contributed by atoms with Gasteiger partial charge in [0.05, 0.1) is 5.56 Å². The monoisotopic (exact) mass is 306 g/mol. The topological polar surface area (TPSA) is 35.8 Å². The van der Waals surface area contributed by atoms with E-state index in [9.17, 15) is 0 Å². The van der Waals surface area contributed by atoms with E-state index in [-0.39, 0.29) is 0 Å². The van der Waals surface area contributed by atoms with Crippen LogP contribution in [0.1, 0.15) is 16.0 Å². The first-order valence-electron chi connectivity index (χ1n) is 5.16. The maximum absolute atomic E-state index is 8.75. The van der Waals surface area contributed by atoms with E-state index in [1.165, 1.54) is 5.56 Å². The van der Waals surface area contributed by atoms with Crippen molar-refractivity contribution in [1.82, 2.24) is 0 Å². The van der Waals surface area contributed by atoms with Gasteiger partial charge in [-0.25, -0.2) is 0 Å². The van der Waals surface area contributed by atoms with Crippen LogP contribution < -0.4 is 5.32 Å². The molecule has 0 aliphatic heterocycles. The smallest absolute Gasteiger partial charge is 0.100 e. The minimum atomic E-state index is 0.732. The first-order valence-corrected chi connectivity index (χ1v) is 6.84. The average molecular weight is 307 g/mol. The van der Waals surface area contributed by atoms with E-state index in [0.717, 1.165) is 27.1 Å². The molecule has 0 saturated heterocycles. The van der Waals surface area contributed by atoms with Crippen molar-refractivity contribution in [2.45, 2.75) is 13.5 Å². The van der Waals surface area contributed by atoms with Gasteiger partial charge in [-0.1, -0.05) is 6.07 Å². The minimum Gasteiger partial charge on any atom is -0.379 e. The number of hydrogen-bond donors (Lipinski definition) is 1. The number of halogens is 1. The number of benzene rings is 1. The molecule has 86 valence electrons. The standard InChI is InChI=1S/C13H11BrN2S/c1-9-2-3-12(14)13(4-9)16-7-11-5-10(6-15)8-17-11/h2-5,8,16H,7H2,1H3. The molecular weight excluding hydrogens is 296 g/mol. The summed E-state index contributed by atoms with van der Waals surface area (Å²) in [6, 6.07) is 10.3. The van der Waals surface area contributed by atoms with Gasteiger partial charge in [0, 0.05) is 27.0 Å².